The van der Waals surface area contributed by atoms with Crippen molar-refractivity contribution in [1.82, 2.24) is 10.2 Å². The second-order valence-electron chi connectivity index (χ2n) is 8.49. The molecule has 0 aromatic heterocycles. The van der Waals surface area contributed by atoms with E-state index in [1.54, 1.807) is 4.90 Å². The first-order valence-electron chi connectivity index (χ1n) is 10.6. The molecule has 0 saturated carbocycles. The van der Waals surface area contributed by atoms with Crippen LogP contribution in [-0.4, -0.2) is 59.4 Å². The number of aliphatic carboxylic acids is 1. The van der Waals surface area contributed by atoms with Crippen LogP contribution in [0.3, 0.4) is 0 Å². The van der Waals surface area contributed by atoms with Crippen LogP contribution in [0.15, 0.2) is 30.3 Å². The van der Waals surface area contributed by atoms with E-state index < -0.39 is 17.9 Å². The number of nitrogens with zero attached hydrogens (tertiary/aromatic N) is 2. The van der Waals surface area contributed by atoms with Gasteiger partial charge in [-0.1, -0.05) is 18.2 Å². The lowest BCUT2D eigenvalue weighted by Crippen LogP contribution is -2.53. The summed E-state index contributed by atoms with van der Waals surface area (Å²) in [5, 5.41) is 13.2. The molecule has 3 aliphatic heterocycles. The number of nitrogens with one attached hydrogen (secondary N) is 1. The molecule has 31 heavy (non-hydrogen) atoms. The summed E-state index contributed by atoms with van der Waals surface area (Å²) >= 11 is 0. The highest BCUT2D eigenvalue weighted by molar-refractivity contribution is 6.27. The van der Waals surface area contributed by atoms with Crippen LogP contribution in [0.25, 0.3) is 10.8 Å². The fraction of sp³-hybridized carbons (Fsp3) is 0.391. The van der Waals surface area contributed by atoms with Gasteiger partial charge in [-0.2, -0.15) is 0 Å². The molecule has 2 fully saturated rings. The minimum absolute atomic E-state index is 0.0615. The fourth-order valence-corrected chi connectivity index (χ4v) is 5.22. The molecule has 3 amide bonds. The topological polar surface area (TPSA) is 107 Å². The molecule has 2 saturated heterocycles. The Kier molecular flexibility index (Phi) is 4.74. The van der Waals surface area contributed by atoms with Crippen molar-refractivity contribution in [2.24, 2.45) is 0 Å². The van der Waals surface area contributed by atoms with Crippen molar-refractivity contribution in [2.45, 2.75) is 37.6 Å². The molecule has 1 atom stereocenters. The molecule has 160 valence electrons. The van der Waals surface area contributed by atoms with Gasteiger partial charge in [0.25, 0.3) is 5.91 Å². The first-order chi connectivity index (χ1) is 14.9. The fourth-order valence-electron chi connectivity index (χ4n) is 5.22. The number of carbonyl (C=O) groups excluding carboxylic acids is 3. The van der Waals surface area contributed by atoms with E-state index in [1.165, 1.54) is 0 Å². The van der Waals surface area contributed by atoms with Crippen LogP contribution in [-0.2, 0) is 14.4 Å². The largest absolute Gasteiger partial charge is 0.480 e. The van der Waals surface area contributed by atoms with Gasteiger partial charge >= 0.3 is 5.97 Å². The molecule has 5 rings (SSSR count). The van der Waals surface area contributed by atoms with Crippen LogP contribution in [0.2, 0.25) is 0 Å². The molecule has 8 nitrogen and oxygen atoms in total. The third-order valence-electron chi connectivity index (χ3n) is 6.67. The SMILES string of the molecule is O=C(O)CN1CCC(c2ccc3c4c(cccc24)N(C2CCC(=O)NC2=O)C3=O)CC1. The van der Waals surface area contributed by atoms with E-state index in [4.69, 9.17) is 5.11 Å². The minimum Gasteiger partial charge on any atom is -0.480 e. The second kappa shape index (κ2) is 7.46. The number of hydrogen-bond donors (Lipinski definition) is 2. The Bertz CT molecular complexity index is 1120. The summed E-state index contributed by atoms with van der Waals surface area (Å²) in [5.41, 5.74) is 2.47. The van der Waals surface area contributed by atoms with Gasteiger partial charge in [-0.3, -0.25) is 34.3 Å². The van der Waals surface area contributed by atoms with Gasteiger partial charge in [0, 0.05) is 17.4 Å². The zero-order valence-corrected chi connectivity index (χ0v) is 17.0. The molecular weight excluding hydrogens is 398 g/mol. The Morgan fingerprint density at radius 3 is 2.55 bits per heavy atom. The van der Waals surface area contributed by atoms with Crippen LogP contribution < -0.4 is 10.2 Å². The maximum absolute atomic E-state index is 13.2. The van der Waals surface area contributed by atoms with Gasteiger partial charge in [-0.15, -0.1) is 0 Å². The Labute approximate surface area is 178 Å². The molecule has 1 unspecified atom stereocenters. The van der Waals surface area contributed by atoms with Gasteiger partial charge < -0.3 is 5.11 Å². The Morgan fingerprint density at radius 2 is 1.84 bits per heavy atom. The lowest BCUT2D eigenvalue weighted by molar-refractivity contribution is -0.138. The highest BCUT2D eigenvalue weighted by Gasteiger charge is 2.41. The highest BCUT2D eigenvalue weighted by Crippen LogP contribution is 2.43. The van der Waals surface area contributed by atoms with E-state index in [0.717, 1.165) is 48.0 Å². The highest BCUT2D eigenvalue weighted by atomic mass is 16.4. The molecule has 0 radical (unpaired) electrons. The smallest absolute Gasteiger partial charge is 0.317 e. The number of imide groups is 1. The molecule has 0 spiro atoms. The van der Waals surface area contributed by atoms with Crippen LogP contribution in [0, 0.1) is 0 Å². The number of likely N-dealkylation sites (tertiary alicyclic amines) is 1. The van der Waals surface area contributed by atoms with E-state index in [-0.39, 0.29) is 30.7 Å². The predicted octanol–water partition coefficient (Wildman–Crippen LogP) is 1.87. The van der Waals surface area contributed by atoms with Gasteiger partial charge in [0.15, 0.2) is 0 Å². The van der Waals surface area contributed by atoms with Crippen molar-refractivity contribution in [3.8, 4) is 0 Å². The van der Waals surface area contributed by atoms with E-state index in [2.05, 4.69) is 5.32 Å². The Hall–Kier alpha value is -3.26. The molecule has 2 aromatic rings. The zero-order chi connectivity index (χ0) is 21.7. The average Bonchev–Trinajstić information content (AvgIpc) is 3.02. The maximum atomic E-state index is 13.2. The van der Waals surface area contributed by atoms with Crippen molar-refractivity contribution in [1.29, 1.82) is 0 Å². The predicted molar refractivity (Wildman–Crippen MR) is 113 cm³/mol. The maximum Gasteiger partial charge on any atom is 0.317 e. The monoisotopic (exact) mass is 421 g/mol. The number of hydrogen-bond acceptors (Lipinski definition) is 5. The van der Waals surface area contributed by atoms with Gasteiger partial charge in [0.05, 0.1) is 12.2 Å². The summed E-state index contributed by atoms with van der Waals surface area (Å²) in [5.74, 6) is -1.46. The molecule has 3 heterocycles. The minimum atomic E-state index is -0.809. The van der Waals surface area contributed by atoms with Crippen LogP contribution in [0.4, 0.5) is 5.69 Å². The number of carboxylic acid groups (broad SMARTS) is 1. The average molecular weight is 421 g/mol. The van der Waals surface area contributed by atoms with Gasteiger partial charge in [0.1, 0.15) is 6.04 Å². The van der Waals surface area contributed by atoms with Gasteiger partial charge in [-0.05, 0) is 61.4 Å². The quantitative estimate of drug-likeness (QED) is 0.730. The standard InChI is InChI=1S/C23H23N3O5/c27-19-7-6-18(22(30)24-19)26-17-3-1-2-15-14(4-5-16(21(15)17)23(26)31)13-8-10-25(11-9-13)12-20(28)29/h1-5,13,18H,6-12H2,(H,28,29)(H,24,27,30). The number of carboxylic acids is 1. The molecule has 8 heteroatoms. The lowest BCUT2D eigenvalue weighted by atomic mass is 9.85. The van der Waals surface area contributed by atoms with Crippen molar-refractivity contribution in [2.75, 3.05) is 24.5 Å². The third-order valence-corrected chi connectivity index (χ3v) is 6.67. The number of rotatable bonds is 4. The summed E-state index contributed by atoms with van der Waals surface area (Å²) in [6.07, 6.45) is 2.25. The number of anilines is 1. The normalized spacial score (nSPS) is 22.3. The van der Waals surface area contributed by atoms with Crippen LogP contribution >= 0.6 is 0 Å². The first-order valence-corrected chi connectivity index (χ1v) is 10.6. The first kappa shape index (κ1) is 19.7. The molecular formula is C23H23N3O5. The molecule has 3 aliphatic rings. The summed E-state index contributed by atoms with van der Waals surface area (Å²) in [4.78, 5) is 51.7. The Balaban J connectivity index is 1.49. The van der Waals surface area contributed by atoms with E-state index >= 15 is 0 Å². The molecule has 2 N–H and O–H groups in total. The van der Waals surface area contributed by atoms with Gasteiger partial charge in [-0.25, -0.2) is 0 Å². The Morgan fingerprint density at radius 1 is 1.06 bits per heavy atom. The molecule has 0 aliphatic carbocycles. The molecule has 0 bridgehead atoms. The summed E-state index contributed by atoms with van der Waals surface area (Å²) in [7, 11) is 0. The molecule has 2 aromatic carbocycles. The van der Waals surface area contributed by atoms with Gasteiger partial charge in [0.2, 0.25) is 11.8 Å². The number of amides is 3. The number of benzene rings is 2. The van der Waals surface area contributed by atoms with Crippen molar-refractivity contribution in [3.05, 3.63) is 41.5 Å². The van der Waals surface area contributed by atoms with E-state index in [0.29, 0.717) is 12.0 Å². The van der Waals surface area contributed by atoms with Crippen LogP contribution in [0.1, 0.15) is 47.5 Å². The second-order valence-corrected chi connectivity index (χ2v) is 8.49. The lowest BCUT2D eigenvalue weighted by Gasteiger charge is -2.31. The van der Waals surface area contributed by atoms with E-state index in [1.807, 2.05) is 35.2 Å². The van der Waals surface area contributed by atoms with Crippen molar-refractivity contribution >= 4 is 40.2 Å². The van der Waals surface area contributed by atoms with Crippen LogP contribution in [0.5, 0.6) is 0 Å². The summed E-state index contributed by atoms with van der Waals surface area (Å²) in [6, 6.07) is 8.94. The summed E-state index contributed by atoms with van der Waals surface area (Å²) < 4.78 is 0. The number of piperidine rings is 2. The summed E-state index contributed by atoms with van der Waals surface area (Å²) in [6.45, 7) is 1.51. The number of carbonyl (C=O) groups is 4. The third kappa shape index (κ3) is 3.27. The zero-order valence-electron chi connectivity index (χ0n) is 17.0. The van der Waals surface area contributed by atoms with E-state index in [9.17, 15) is 19.2 Å². The van der Waals surface area contributed by atoms with Crippen molar-refractivity contribution < 1.29 is 24.3 Å². The van der Waals surface area contributed by atoms with Crippen molar-refractivity contribution in [3.63, 3.8) is 0 Å².